The van der Waals surface area contributed by atoms with Gasteiger partial charge in [-0.1, -0.05) is 0 Å². The van der Waals surface area contributed by atoms with Crippen LogP contribution >= 0.6 is 27.3 Å². The van der Waals surface area contributed by atoms with Crippen molar-refractivity contribution in [3.63, 3.8) is 0 Å². The predicted molar refractivity (Wildman–Crippen MR) is 89.2 cm³/mol. The number of nitrogens with zero attached hydrogens (tertiary/aromatic N) is 2. The Morgan fingerprint density at radius 1 is 1.40 bits per heavy atom. The summed E-state index contributed by atoms with van der Waals surface area (Å²) in [5.41, 5.74) is 6.34. The van der Waals surface area contributed by atoms with Crippen molar-refractivity contribution in [3.8, 4) is 0 Å². The van der Waals surface area contributed by atoms with E-state index in [4.69, 9.17) is 5.73 Å². The zero-order valence-electron chi connectivity index (χ0n) is 12.3. The average Bonchev–Trinajstić information content (AvgIpc) is 2.98. The van der Waals surface area contributed by atoms with E-state index in [1.165, 1.54) is 41.1 Å². The van der Waals surface area contributed by atoms with Crippen LogP contribution in [0.1, 0.15) is 37.6 Å². The minimum atomic E-state index is 0.163. The van der Waals surface area contributed by atoms with E-state index < -0.39 is 0 Å². The van der Waals surface area contributed by atoms with Gasteiger partial charge in [-0.2, -0.15) is 0 Å². The molecule has 4 atom stereocenters. The first-order valence-electron chi connectivity index (χ1n) is 7.57. The van der Waals surface area contributed by atoms with E-state index in [0.29, 0.717) is 12.1 Å². The average molecular weight is 358 g/mol. The van der Waals surface area contributed by atoms with E-state index in [1.54, 1.807) is 0 Å². The maximum absolute atomic E-state index is 6.34. The Morgan fingerprint density at radius 3 is 2.85 bits per heavy atom. The van der Waals surface area contributed by atoms with Crippen LogP contribution in [0.3, 0.4) is 0 Å². The lowest BCUT2D eigenvalue weighted by atomic mass is 10.00. The Hall–Kier alpha value is 0.0600. The number of nitrogens with two attached hydrogens (primary N) is 1. The van der Waals surface area contributed by atoms with Gasteiger partial charge in [-0.3, -0.25) is 9.80 Å². The molecular weight excluding hydrogens is 334 g/mol. The molecule has 0 aliphatic carbocycles. The van der Waals surface area contributed by atoms with Gasteiger partial charge in [0.2, 0.25) is 0 Å². The Balaban J connectivity index is 1.83. The molecule has 2 aliphatic rings. The lowest BCUT2D eigenvalue weighted by Crippen LogP contribution is -2.57. The third-order valence-corrected chi connectivity index (χ3v) is 6.42. The Labute approximate surface area is 134 Å². The fraction of sp³-hybridized carbons (Fsp3) is 0.733. The largest absolute Gasteiger partial charge is 0.326 e. The Kier molecular flexibility index (Phi) is 4.53. The Morgan fingerprint density at radius 2 is 2.20 bits per heavy atom. The predicted octanol–water partition coefficient (Wildman–Crippen LogP) is 3.07. The second-order valence-electron chi connectivity index (χ2n) is 6.28. The second-order valence-corrected chi connectivity index (χ2v) is 8.78. The van der Waals surface area contributed by atoms with Gasteiger partial charge in [-0.25, -0.2) is 0 Å². The van der Waals surface area contributed by atoms with Crippen molar-refractivity contribution in [2.24, 2.45) is 5.73 Å². The van der Waals surface area contributed by atoms with Gasteiger partial charge in [0.15, 0.2) is 0 Å². The van der Waals surface area contributed by atoms with Gasteiger partial charge in [0, 0.05) is 36.1 Å². The quantitative estimate of drug-likeness (QED) is 0.901. The van der Waals surface area contributed by atoms with E-state index in [1.807, 2.05) is 11.3 Å². The molecule has 5 heteroatoms. The van der Waals surface area contributed by atoms with Crippen molar-refractivity contribution in [2.45, 2.75) is 50.9 Å². The molecule has 3 rings (SSSR count). The first-order valence-corrected chi connectivity index (χ1v) is 9.18. The summed E-state index contributed by atoms with van der Waals surface area (Å²) in [5.74, 6) is 0. The molecule has 0 radical (unpaired) electrons. The van der Waals surface area contributed by atoms with Crippen molar-refractivity contribution in [2.75, 3.05) is 19.6 Å². The van der Waals surface area contributed by atoms with Crippen LogP contribution < -0.4 is 5.73 Å². The molecular formula is C15H24BrN3S. The van der Waals surface area contributed by atoms with Crippen molar-refractivity contribution < 1.29 is 0 Å². The molecule has 0 bridgehead atoms. The molecule has 2 saturated heterocycles. The van der Waals surface area contributed by atoms with Crippen LogP contribution in [-0.2, 0) is 0 Å². The number of hydrogen-bond acceptors (Lipinski definition) is 4. The highest BCUT2D eigenvalue weighted by Crippen LogP contribution is 2.36. The molecule has 0 aromatic carbocycles. The number of rotatable bonds is 3. The van der Waals surface area contributed by atoms with Crippen molar-refractivity contribution >= 4 is 27.3 Å². The third kappa shape index (κ3) is 2.83. The molecule has 3 nitrogen and oxygen atoms in total. The highest BCUT2D eigenvalue weighted by atomic mass is 79.9. The fourth-order valence-corrected chi connectivity index (χ4v) is 5.47. The lowest BCUT2D eigenvalue weighted by molar-refractivity contribution is 0.0217. The van der Waals surface area contributed by atoms with Crippen LogP contribution in [0.15, 0.2) is 15.9 Å². The third-order valence-electron chi connectivity index (χ3n) is 4.73. The summed E-state index contributed by atoms with van der Waals surface area (Å²) < 4.78 is 1.20. The van der Waals surface area contributed by atoms with Crippen molar-refractivity contribution in [3.05, 3.63) is 20.8 Å². The summed E-state index contributed by atoms with van der Waals surface area (Å²) >= 11 is 5.41. The number of thiophene rings is 1. The standard InChI is InChI=1S/C15H24BrN3S/c1-10-8-18-7-3-4-12(18)9-19(10)15(11(2)17)13-5-6-14(16)20-13/h5-6,10-12,15H,3-4,7-9,17H2,1-2H3. The van der Waals surface area contributed by atoms with Gasteiger partial charge >= 0.3 is 0 Å². The van der Waals surface area contributed by atoms with Crippen LogP contribution in [0.4, 0.5) is 0 Å². The molecule has 3 heterocycles. The first kappa shape index (κ1) is 15.0. The second kappa shape index (κ2) is 6.05. The van der Waals surface area contributed by atoms with Gasteiger partial charge < -0.3 is 5.73 Å². The summed E-state index contributed by atoms with van der Waals surface area (Å²) in [6.45, 7) is 8.15. The summed E-state index contributed by atoms with van der Waals surface area (Å²) in [7, 11) is 0. The minimum Gasteiger partial charge on any atom is -0.326 e. The topological polar surface area (TPSA) is 32.5 Å². The molecule has 20 heavy (non-hydrogen) atoms. The lowest BCUT2D eigenvalue weighted by Gasteiger charge is -2.47. The zero-order valence-corrected chi connectivity index (χ0v) is 14.7. The van der Waals surface area contributed by atoms with Crippen molar-refractivity contribution in [1.29, 1.82) is 0 Å². The van der Waals surface area contributed by atoms with Crippen LogP contribution in [-0.4, -0.2) is 47.6 Å². The highest BCUT2D eigenvalue weighted by Gasteiger charge is 2.39. The SMILES string of the molecule is CC(N)C(c1ccc(Br)s1)N1CC2CCCN2CC1C. The number of halogens is 1. The monoisotopic (exact) mass is 357 g/mol. The molecule has 2 N–H and O–H groups in total. The maximum atomic E-state index is 6.34. The molecule has 0 spiro atoms. The van der Waals surface area contributed by atoms with E-state index in [-0.39, 0.29) is 6.04 Å². The minimum absolute atomic E-state index is 0.163. The van der Waals surface area contributed by atoms with E-state index in [9.17, 15) is 0 Å². The Bertz CT molecular complexity index is 462. The molecule has 2 aliphatic heterocycles. The normalized spacial score (nSPS) is 31.2. The van der Waals surface area contributed by atoms with E-state index in [2.05, 4.69) is 51.7 Å². The van der Waals surface area contributed by atoms with Crippen LogP contribution in [0, 0.1) is 0 Å². The molecule has 4 unspecified atom stereocenters. The number of hydrogen-bond donors (Lipinski definition) is 1. The van der Waals surface area contributed by atoms with E-state index >= 15 is 0 Å². The highest BCUT2D eigenvalue weighted by molar-refractivity contribution is 9.11. The van der Waals surface area contributed by atoms with Crippen LogP contribution in [0.2, 0.25) is 0 Å². The fourth-order valence-electron chi connectivity index (χ4n) is 3.81. The summed E-state index contributed by atoms with van der Waals surface area (Å²) in [6.07, 6.45) is 2.71. The van der Waals surface area contributed by atoms with Gasteiger partial charge in [-0.05, 0) is 61.3 Å². The maximum Gasteiger partial charge on any atom is 0.0702 e. The van der Waals surface area contributed by atoms with Crippen LogP contribution in [0.25, 0.3) is 0 Å². The summed E-state index contributed by atoms with van der Waals surface area (Å²) in [5, 5.41) is 0. The molecule has 0 saturated carbocycles. The van der Waals surface area contributed by atoms with Gasteiger partial charge in [0.05, 0.1) is 9.83 Å². The number of fused-ring (bicyclic) bond motifs is 1. The zero-order chi connectivity index (χ0) is 14.3. The molecule has 112 valence electrons. The molecule has 2 fully saturated rings. The van der Waals surface area contributed by atoms with Crippen molar-refractivity contribution in [1.82, 2.24) is 9.80 Å². The van der Waals surface area contributed by atoms with Gasteiger partial charge in [-0.15, -0.1) is 11.3 Å². The van der Waals surface area contributed by atoms with Crippen LogP contribution in [0.5, 0.6) is 0 Å². The summed E-state index contributed by atoms with van der Waals surface area (Å²) in [4.78, 5) is 6.71. The molecule has 1 aromatic heterocycles. The number of piperazine rings is 1. The molecule has 0 amide bonds. The van der Waals surface area contributed by atoms with Gasteiger partial charge in [0.1, 0.15) is 0 Å². The summed E-state index contributed by atoms with van der Waals surface area (Å²) in [6, 6.07) is 6.22. The van der Waals surface area contributed by atoms with E-state index in [0.717, 1.165) is 6.04 Å². The molecule has 1 aromatic rings. The smallest absolute Gasteiger partial charge is 0.0702 e. The van der Waals surface area contributed by atoms with Gasteiger partial charge in [0.25, 0.3) is 0 Å². The first-order chi connectivity index (χ1) is 9.56.